The van der Waals surface area contributed by atoms with Crippen molar-refractivity contribution in [3.63, 3.8) is 0 Å². The summed E-state index contributed by atoms with van der Waals surface area (Å²) in [5.74, 6) is -0.826. The van der Waals surface area contributed by atoms with Crippen LogP contribution < -0.4 is 0 Å². The highest BCUT2D eigenvalue weighted by Gasteiger charge is 2.28. The monoisotopic (exact) mass is 454 g/mol. The lowest BCUT2D eigenvalue weighted by atomic mass is 10.1. The lowest BCUT2D eigenvalue weighted by molar-refractivity contribution is -0.130. The molecule has 0 bridgehead atoms. The predicted octanol–water partition coefficient (Wildman–Crippen LogP) is 4.29. The van der Waals surface area contributed by atoms with Gasteiger partial charge in [-0.1, -0.05) is 65.7 Å². The summed E-state index contributed by atoms with van der Waals surface area (Å²) in [5.41, 5.74) is 3.09. The molecule has 0 unspecified atom stereocenters. The minimum absolute atomic E-state index is 0.0500. The van der Waals surface area contributed by atoms with Crippen LogP contribution in [0.5, 0.6) is 0 Å². The van der Waals surface area contributed by atoms with E-state index in [1.807, 2.05) is 38.1 Å². The molecule has 168 valence electrons. The molecule has 0 aliphatic carbocycles. The molecule has 7 heteroatoms. The van der Waals surface area contributed by atoms with Crippen molar-refractivity contribution in [1.29, 1.82) is 0 Å². The van der Waals surface area contributed by atoms with Crippen LogP contribution in [-0.4, -0.2) is 37.1 Å². The van der Waals surface area contributed by atoms with Crippen LogP contribution >= 0.6 is 0 Å². The summed E-state index contributed by atoms with van der Waals surface area (Å²) in [4.78, 5) is 14.4. The Labute approximate surface area is 189 Å². The third-order valence-corrected chi connectivity index (χ3v) is 7.01. The molecule has 0 aliphatic rings. The molecule has 0 aliphatic heterocycles. The van der Waals surface area contributed by atoms with Crippen molar-refractivity contribution in [3.8, 4) is 0 Å². The molecule has 0 fully saturated rings. The molecule has 3 aromatic carbocycles. The van der Waals surface area contributed by atoms with Gasteiger partial charge in [-0.25, -0.2) is 12.8 Å². The standard InChI is InChI=1S/C25H27FN2O3S/c1-19-11-13-23(14-12-19)32(30,31)28(16-21-8-6-7-20(2)15-21)18-25(29)27(3)17-22-9-4-5-10-24(22)26/h4-15H,16-18H2,1-3H3. The summed E-state index contributed by atoms with van der Waals surface area (Å²) >= 11 is 0. The molecule has 0 heterocycles. The molecule has 32 heavy (non-hydrogen) atoms. The number of sulfonamides is 1. The SMILES string of the molecule is Cc1ccc(S(=O)(=O)N(CC(=O)N(C)Cc2ccccc2F)Cc2cccc(C)c2)cc1. The van der Waals surface area contributed by atoms with Gasteiger partial charge in [0.2, 0.25) is 15.9 Å². The summed E-state index contributed by atoms with van der Waals surface area (Å²) in [7, 11) is -2.39. The Hall–Kier alpha value is -3.03. The van der Waals surface area contributed by atoms with Crippen molar-refractivity contribution in [2.75, 3.05) is 13.6 Å². The van der Waals surface area contributed by atoms with Gasteiger partial charge in [-0.05, 0) is 37.6 Å². The van der Waals surface area contributed by atoms with Crippen molar-refractivity contribution in [2.24, 2.45) is 0 Å². The zero-order valence-corrected chi connectivity index (χ0v) is 19.3. The summed E-state index contributed by atoms with van der Waals surface area (Å²) in [5, 5.41) is 0. The highest BCUT2D eigenvalue weighted by Crippen LogP contribution is 2.20. The number of benzene rings is 3. The first-order chi connectivity index (χ1) is 15.2. The Morgan fingerprint density at radius 3 is 2.22 bits per heavy atom. The highest BCUT2D eigenvalue weighted by molar-refractivity contribution is 7.89. The van der Waals surface area contributed by atoms with Crippen molar-refractivity contribution >= 4 is 15.9 Å². The van der Waals surface area contributed by atoms with Crippen LogP contribution in [-0.2, 0) is 27.9 Å². The van der Waals surface area contributed by atoms with E-state index in [0.29, 0.717) is 5.56 Å². The van der Waals surface area contributed by atoms with E-state index in [2.05, 4.69) is 0 Å². The fourth-order valence-corrected chi connectivity index (χ4v) is 4.72. The Balaban J connectivity index is 1.87. The molecule has 0 saturated carbocycles. The quantitative estimate of drug-likeness (QED) is 0.510. The number of rotatable bonds is 8. The van der Waals surface area contributed by atoms with Gasteiger partial charge in [0, 0.05) is 25.7 Å². The molecule has 0 saturated heterocycles. The molecule has 5 nitrogen and oxygen atoms in total. The first kappa shape index (κ1) is 23.6. The van der Waals surface area contributed by atoms with E-state index in [9.17, 15) is 17.6 Å². The number of nitrogens with zero attached hydrogens (tertiary/aromatic N) is 2. The number of hydrogen-bond acceptors (Lipinski definition) is 3. The largest absolute Gasteiger partial charge is 0.340 e. The minimum Gasteiger partial charge on any atom is -0.340 e. The molecular weight excluding hydrogens is 427 g/mol. The second-order valence-electron chi connectivity index (χ2n) is 7.92. The molecule has 0 N–H and O–H groups in total. The second-order valence-corrected chi connectivity index (χ2v) is 9.85. The van der Waals surface area contributed by atoms with Crippen molar-refractivity contribution in [2.45, 2.75) is 31.8 Å². The molecule has 0 aromatic heterocycles. The summed E-state index contributed by atoms with van der Waals surface area (Å²) in [6.07, 6.45) is 0. The lowest BCUT2D eigenvalue weighted by Crippen LogP contribution is -2.41. The van der Waals surface area contributed by atoms with E-state index in [-0.39, 0.29) is 24.5 Å². The van der Waals surface area contributed by atoms with Crippen LogP contribution in [0.2, 0.25) is 0 Å². The van der Waals surface area contributed by atoms with Gasteiger partial charge in [0.25, 0.3) is 0 Å². The molecule has 3 aromatic rings. The van der Waals surface area contributed by atoms with E-state index >= 15 is 0 Å². The van der Waals surface area contributed by atoms with Gasteiger partial charge in [-0.15, -0.1) is 0 Å². The topological polar surface area (TPSA) is 57.7 Å². The Bertz CT molecular complexity index is 1190. The molecular formula is C25H27FN2O3S. The van der Waals surface area contributed by atoms with Crippen molar-refractivity contribution in [3.05, 3.63) is 101 Å². The maximum absolute atomic E-state index is 14.0. The number of carbonyl (C=O) groups excluding carboxylic acids is 1. The van der Waals surface area contributed by atoms with Crippen LogP contribution in [0.25, 0.3) is 0 Å². The van der Waals surface area contributed by atoms with E-state index in [1.54, 1.807) is 42.5 Å². The molecule has 3 rings (SSSR count). The molecule has 0 spiro atoms. The Kier molecular flexibility index (Phi) is 7.43. The van der Waals surface area contributed by atoms with Crippen LogP contribution in [0.3, 0.4) is 0 Å². The van der Waals surface area contributed by atoms with Gasteiger partial charge in [0.1, 0.15) is 5.82 Å². The smallest absolute Gasteiger partial charge is 0.243 e. The van der Waals surface area contributed by atoms with E-state index in [0.717, 1.165) is 16.7 Å². The third-order valence-electron chi connectivity index (χ3n) is 5.20. The summed E-state index contributed by atoms with van der Waals surface area (Å²) in [6, 6.07) is 20.3. The average Bonchev–Trinajstić information content (AvgIpc) is 2.75. The van der Waals surface area contributed by atoms with Gasteiger partial charge in [-0.2, -0.15) is 4.31 Å². The van der Waals surface area contributed by atoms with Crippen molar-refractivity contribution in [1.82, 2.24) is 9.21 Å². The van der Waals surface area contributed by atoms with Crippen LogP contribution in [0.1, 0.15) is 22.3 Å². The highest BCUT2D eigenvalue weighted by atomic mass is 32.2. The van der Waals surface area contributed by atoms with Crippen molar-refractivity contribution < 1.29 is 17.6 Å². The molecule has 0 atom stereocenters. The second kappa shape index (κ2) is 10.1. The van der Waals surface area contributed by atoms with Crippen LogP contribution in [0, 0.1) is 19.7 Å². The maximum Gasteiger partial charge on any atom is 0.243 e. The van der Waals surface area contributed by atoms with Crippen LogP contribution in [0.15, 0.2) is 77.7 Å². The van der Waals surface area contributed by atoms with Gasteiger partial charge >= 0.3 is 0 Å². The number of likely N-dealkylation sites (N-methyl/N-ethyl adjacent to an activating group) is 1. The first-order valence-corrected chi connectivity index (χ1v) is 11.7. The number of hydrogen-bond donors (Lipinski definition) is 0. The number of amides is 1. The number of carbonyl (C=O) groups is 1. The van der Waals surface area contributed by atoms with E-state index in [4.69, 9.17) is 0 Å². The Morgan fingerprint density at radius 2 is 1.56 bits per heavy atom. The Morgan fingerprint density at radius 1 is 0.875 bits per heavy atom. The summed E-state index contributed by atoms with van der Waals surface area (Å²) < 4.78 is 42.0. The van der Waals surface area contributed by atoms with Gasteiger partial charge in [0.15, 0.2) is 0 Å². The zero-order chi connectivity index (χ0) is 23.3. The maximum atomic E-state index is 14.0. The predicted molar refractivity (Wildman–Crippen MR) is 123 cm³/mol. The van der Waals surface area contributed by atoms with Gasteiger partial charge in [0.05, 0.1) is 11.4 Å². The summed E-state index contributed by atoms with van der Waals surface area (Å²) in [6.45, 7) is 3.55. The zero-order valence-electron chi connectivity index (χ0n) is 18.5. The fraction of sp³-hybridized carbons (Fsp3) is 0.240. The molecule has 1 amide bonds. The number of aryl methyl sites for hydroxylation is 2. The van der Waals surface area contributed by atoms with Crippen LogP contribution in [0.4, 0.5) is 4.39 Å². The molecule has 0 radical (unpaired) electrons. The van der Waals surface area contributed by atoms with E-state index in [1.165, 1.54) is 22.3 Å². The lowest BCUT2D eigenvalue weighted by Gasteiger charge is -2.25. The fourth-order valence-electron chi connectivity index (χ4n) is 3.34. The van der Waals surface area contributed by atoms with E-state index < -0.39 is 21.7 Å². The minimum atomic E-state index is -3.93. The number of halogens is 1. The third kappa shape index (κ3) is 5.81. The van der Waals surface area contributed by atoms with Gasteiger partial charge < -0.3 is 4.90 Å². The first-order valence-electron chi connectivity index (χ1n) is 10.3. The normalized spacial score (nSPS) is 11.5. The average molecular weight is 455 g/mol. The van der Waals surface area contributed by atoms with Gasteiger partial charge in [-0.3, -0.25) is 4.79 Å².